The number of benzene rings is 3. The standard InChI is InChI=1S/C25H22F2N4O3S/c1-35(33,34)31(19-6-2-16(3-7-19)23-10-11-28-29-23)15-20(32)14-30-24-8-4-17(26)12-21(24)22-13-18(27)5-9-25(22)30/h2-13,20,32H,14-15H2,1H3,(H,28,29). The highest BCUT2D eigenvalue weighted by atomic mass is 32.2. The molecule has 0 radical (unpaired) electrons. The first-order valence-corrected chi connectivity index (χ1v) is 12.7. The van der Waals surface area contributed by atoms with Gasteiger partial charge in [0.15, 0.2) is 0 Å². The van der Waals surface area contributed by atoms with Gasteiger partial charge < -0.3 is 9.67 Å². The quantitative estimate of drug-likeness (QED) is 0.352. The minimum absolute atomic E-state index is 0.0233. The molecule has 0 aliphatic heterocycles. The summed E-state index contributed by atoms with van der Waals surface area (Å²) in [6, 6.07) is 17.0. The van der Waals surface area contributed by atoms with Gasteiger partial charge in [-0.2, -0.15) is 5.10 Å². The first-order chi connectivity index (χ1) is 16.7. The molecular weight excluding hydrogens is 474 g/mol. The lowest BCUT2D eigenvalue weighted by atomic mass is 10.1. The Labute approximate surface area is 200 Å². The Balaban J connectivity index is 1.46. The van der Waals surface area contributed by atoms with Crippen molar-refractivity contribution in [1.29, 1.82) is 0 Å². The molecule has 1 unspecified atom stereocenters. The third-order valence-electron chi connectivity index (χ3n) is 5.93. The van der Waals surface area contributed by atoms with Crippen LogP contribution in [0.25, 0.3) is 33.1 Å². The normalized spacial score (nSPS) is 12.9. The number of hydrogen-bond acceptors (Lipinski definition) is 4. The number of aliphatic hydroxyl groups excluding tert-OH is 1. The first-order valence-electron chi connectivity index (χ1n) is 10.8. The van der Waals surface area contributed by atoms with E-state index in [0.717, 1.165) is 21.8 Å². The number of aliphatic hydroxyl groups is 1. The summed E-state index contributed by atoms with van der Waals surface area (Å²) in [5.74, 6) is -0.911. The summed E-state index contributed by atoms with van der Waals surface area (Å²) in [5.41, 5.74) is 3.26. The van der Waals surface area contributed by atoms with E-state index in [1.54, 1.807) is 53.2 Å². The van der Waals surface area contributed by atoms with Crippen LogP contribution < -0.4 is 4.31 Å². The number of sulfonamides is 1. The van der Waals surface area contributed by atoms with E-state index in [0.29, 0.717) is 27.5 Å². The van der Waals surface area contributed by atoms with Crippen molar-refractivity contribution in [2.45, 2.75) is 12.6 Å². The fraction of sp³-hybridized carbons (Fsp3) is 0.160. The second kappa shape index (κ2) is 8.79. The molecule has 35 heavy (non-hydrogen) atoms. The van der Waals surface area contributed by atoms with E-state index in [-0.39, 0.29) is 13.1 Å². The monoisotopic (exact) mass is 496 g/mol. The number of aromatic nitrogens is 3. The van der Waals surface area contributed by atoms with Gasteiger partial charge in [-0.05, 0) is 60.2 Å². The molecule has 2 aromatic heterocycles. The number of nitrogens with zero attached hydrogens (tertiary/aromatic N) is 3. The number of fused-ring (bicyclic) bond motifs is 3. The van der Waals surface area contributed by atoms with Crippen LogP contribution in [0.2, 0.25) is 0 Å². The maximum atomic E-state index is 13.9. The SMILES string of the molecule is CS(=O)(=O)N(CC(O)Cn1c2ccc(F)cc2c2cc(F)ccc21)c1ccc(-c2ccn[nH]2)cc1. The van der Waals surface area contributed by atoms with Crippen molar-refractivity contribution in [2.75, 3.05) is 17.1 Å². The van der Waals surface area contributed by atoms with Crippen LogP contribution >= 0.6 is 0 Å². The van der Waals surface area contributed by atoms with Crippen LogP contribution in [0, 0.1) is 11.6 Å². The largest absolute Gasteiger partial charge is 0.389 e. The Morgan fingerprint density at radius 1 is 0.971 bits per heavy atom. The molecule has 7 nitrogen and oxygen atoms in total. The van der Waals surface area contributed by atoms with Gasteiger partial charge in [0.1, 0.15) is 11.6 Å². The highest BCUT2D eigenvalue weighted by molar-refractivity contribution is 7.92. The number of rotatable bonds is 7. The maximum absolute atomic E-state index is 13.9. The summed E-state index contributed by atoms with van der Waals surface area (Å²) in [6.07, 6.45) is 1.60. The van der Waals surface area contributed by atoms with Crippen LogP contribution in [-0.4, -0.2) is 47.2 Å². The van der Waals surface area contributed by atoms with Crippen molar-refractivity contribution < 1.29 is 22.3 Å². The van der Waals surface area contributed by atoms with Gasteiger partial charge in [-0.15, -0.1) is 0 Å². The molecule has 0 saturated heterocycles. The molecule has 0 aliphatic rings. The minimum Gasteiger partial charge on any atom is -0.389 e. The van der Waals surface area contributed by atoms with Crippen molar-refractivity contribution in [3.63, 3.8) is 0 Å². The van der Waals surface area contributed by atoms with E-state index >= 15 is 0 Å². The Morgan fingerprint density at radius 2 is 1.57 bits per heavy atom. The smallest absolute Gasteiger partial charge is 0.232 e. The molecular formula is C25H22F2N4O3S. The zero-order valence-corrected chi connectivity index (χ0v) is 19.5. The van der Waals surface area contributed by atoms with E-state index in [1.807, 2.05) is 0 Å². The molecule has 0 bridgehead atoms. The predicted molar refractivity (Wildman–Crippen MR) is 132 cm³/mol. The van der Waals surface area contributed by atoms with Gasteiger partial charge in [-0.3, -0.25) is 9.40 Å². The number of H-pyrrole nitrogens is 1. The van der Waals surface area contributed by atoms with Gasteiger partial charge in [-0.25, -0.2) is 17.2 Å². The fourth-order valence-electron chi connectivity index (χ4n) is 4.36. The van der Waals surface area contributed by atoms with Gasteiger partial charge in [0.2, 0.25) is 10.0 Å². The molecule has 0 saturated carbocycles. The van der Waals surface area contributed by atoms with Crippen LogP contribution in [0.3, 0.4) is 0 Å². The average molecular weight is 497 g/mol. The van der Waals surface area contributed by atoms with Crippen molar-refractivity contribution in [2.24, 2.45) is 0 Å². The fourth-order valence-corrected chi connectivity index (χ4v) is 5.31. The highest BCUT2D eigenvalue weighted by Crippen LogP contribution is 2.31. The zero-order chi connectivity index (χ0) is 24.7. The van der Waals surface area contributed by atoms with Gasteiger partial charge in [0.05, 0.1) is 36.8 Å². The molecule has 5 rings (SSSR count). The molecule has 2 heterocycles. The van der Waals surface area contributed by atoms with Gasteiger partial charge in [-0.1, -0.05) is 12.1 Å². The number of halogens is 2. The lowest BCUT2D eigenvalue weighted by Crippen LogP contribution is -2.38. The molecule has 0 aliphatic carbocycles. The third-order valence-corrected chi connectivity index (χ3v) is 7.09. The highest BCUT2D eigenvalue weighted by Gasteiger charge is 2.23. The Kier molecular flexibility index (Phi) is 5.78. The van der Waals surface area contributed by atoms with Crippen LogP contribution in [0.15, 0.2) is 72.9 Å². The summed E-state index contributed by atoms with van der Waals surface area (Å²) in [5, 5.41) is 18.8. The van der Waals surface area contributed by atoms with E-state index < -0.39 is 27.8 Å². The summed E-state index contributed by atoms with van der Waals surface area (Å²) in [6.45, 7) is -0.179. The zero-order valence-electron chi connectivity index (χ0n) is 18.7. The molecule has 0 amide bonds. The number of anilines is 1. The van der Waals surface area contributed by atoms with Crippen molar-refractivity contribution in [3.8, 4) is 11.3 Å². The number of hydrogen-bond donors (Lipinski definition) is 2. The maximum Gasteiger partial charge on any atom is 0.232 e. The lowest BCUT2D eigenvalue weighted by Gasteiger charge is -2.26. The van der Waals surface area contributed by atoms with Crippen molar-refractivity contribution >= 4 is 37.5 Å². The minimum atomic E-state index is -3.71. The topological polar surface area (TPSA) is 91.2 Å². The molecule has 5 aromatic rings. The molecule has 3 aromatic carbocycles. The van der Waals surface area contributed by atoms with E-state index in [1.165, 1.54) is 24.3 Å². The van der Waals surface area contributed by atoms with Crippen molar-refractivity contribution in [3.05, 3.63) is 84.6 Å². The van der Waals surface area contributed by atoms with Crippen LogP contribution in [-0.2, 0) is 16.6 Å². The number of aromatic amines is 1. The molecule has 0 spiro atoms. The molecule has 2 N–H and O–H groups in total. The van der Waals surface area contributed by atoms with Crippen LogP contribution in [0.4, 0.5) is 14.5 Å². The first kappa shape index (κ1) is 23.0. The van der Waals surface area contributed by atoms with E-state index in [2.05, 4.69) is 10.2 Å². The van der Waals surface area contributed by atoms with E-state index in [4.69, 9.17) is 0 Å². The summed E-state index contributed by atoms with van der Waals surface area (Å²) in [4.78, 5) is 0. The summed E-state index contributed by atoms with van der Waals surface area (Å²) >= 11 is 0. The predicted octanol–water partition coefficient (Wildman–Crippen LogP) is 4.29. The molecule has 1 atom stereocenters. The van der Waals surface area contributed by atoms with Gasteiger partial charge in [0.25, 0.3) is 0 Å². The third kappa shape index (κ3) is 4.50. The molecule has 10 heteroatoms. The van der Waals surface area contributed by atoms with Crippen LogP contribution in [0.5, 0.6) is 0 Å². The Hall–Kier alpha value is -3.76. The Morgan fingerprint density at radius 3 is 2.09 bits per heavy atom. The second-order valence-electron chi connectivity index (χ2n) is 8.40. The summed E-state index contributed by atoms with van der Waals surface area (Å²) in [7, 11) is -3.71. The molecule has 0 fully saturated rings. The van der Waals surface area contributed by atoms with Gasteiger partial charge >= 0.3 is 0 Å². The second-order valence-corrected chi connectivity index (χ2v) is 10.3. The van der Waals surface area contributed by atoms with Gasteiger partial charge in [0, 0.05) is 28.0 Å². The summed E-state index contributed by atoms with van der Waals surface area (Å²) < 4.78 is 55.9. The number of nitrogens with one attached hydrogen (secondary N) is 1. The average Bonchev–Trinajstić information content (AvgIpc) is 3.44. The van der Waals surface area contributed by atoms with Crippen LogP contribution in [0.1, 0.15) is 0 Å². The van der Waals surface area contributed by atoms with Crippen molar-refractivity contribution in [1.82, 2.24) is 14.8 Å². The molecule has 180 valence electrons. The van der Waals surface area contributed by atoms with E-state index in [9.17, 15) is 22.3 Å². The lowest BCUT2D eigenvalue weighted by molar-refractivity contribution is 0.166. The Bertz CT molecular complexity index is 1560.